The lowest BCUT2D eigenvalue weighted by molar-refractivity contribution is 0.102. The maximum absolute atomic E-state index is 13.0. The van der Waals surface area contributed by atoms with E-state index < -0.39 is 9.84 Å². The van der Waals surface area contributed by atoms with Crippen LogP contribution in [0.15, 0.2) is 12.1 Å². The number of pyridine rings is 1. The van der Waals surface area contributed by atoms with Crippen molar-refractivity contribution in [3.63, 3.8) is 0 Å². The molecule has 0 aliphatic carbocycles. The average molecular weight is 419 g/mol. The number of amides is 1. The molecule has 0 bridgehead atoms. The van der Waals surface area contributed by atoms with E-state index in [2.05, 4.69) is 15.4 Å². The Kier molecular flexibility index (Phi) is 4.54. The van der Waals surface area contributed by atoms with Crippen molar-refractivity contribution in [3.05, 3.63) is 39.5 Å². The van der Waals surface area contributed by atoms with Gasteiger partial charge in [-0.1, -0.05) is 0 Å². The summed E-state index contributed by atoms with van der Waals surface area (Å²) in [7, 11) is -3.04. The highest BCUT2D eigenvalue weighted by molar-refractivity contribution is 7.91. The number of carbonyl (C=O) groups excluding carboxylic acids is 1. The first-order valence-electron chi connectivity index (χ1n) is 9.10. The van der Waals surface area contributed by atoms with Crippen LogP contribution in [0, 0.1) is 27.7 Å². The smallest absolute Gasteiger partial charge is 0.267 e. The van der Waals surface area contributed by atoms with E-state index in [1.54, 1.807) is 10.7 Å². The second kappa shape index (κ2) is 6.66. The number of hydrogen-bond donors (Lipinski definition) is 1. The highest BCUT2D eigenvalue weighted by atomic mass is 32.2. The summed E-state index contributed by atoms with van der Waals surface area (Å²) >= 11 is 1.38. The maximum Gasteiger partial charge on any atom is 0.267 e. The lowest BCUT2D eigenvalue weighted by Crippen LogP contribution is -2.19. The zero-order valence-corrected chi connectivity index (χ0v) is 17.9. The number of aryl methyl sites for hydroxylation is 4. The van der Waals surface area contributed by atoms with Crippen molar-refractivity contribution in [1.82, 2.24) is 14.8 Å². The van der Waals surface area contributed by atoms with Crippen LogP contribution in [0.1, 0.15) is 44.6 Å². The first kappa shape index (κ1) is 19.1. The zero-order valence-electron chi connectivity index (χ0n) is 16.2. The molecule has 3 aromatic rings. The molecule has 0 radical (unpaired) electrons. The van der Waals surface area contributed by atoms with E-state index in [9.17, 15) is 13.2 Å². The van der Waals surface area contributed by atoms with Crippen LogP contribution in [0.3, 0.4) is 0 Å². The first-order chi connectivity index (χ1) is 13.1. The molecule has 28 heavy (non-hydrogen) atoms. The number of anilines is 1. The summed E-state index contributed by atoms with van der Waals surface area (Å²) in [4.78, 5) is 19.0. The molecule has 7 nitrogen and oxygen atoms in total. The molecule has 1 N–H and O–H groups in total. The van der Waals surface area contributed by atoms with Gasteiger partial charge in [-0.2, -0.15) is 5.10 Å². The fourth-order valence-corrected chi connectivity index (χ4v) is 6.76. The molecule has 1 aliphatic rings. The van der Waals surface area contributed by atoms with Gasteiger partial charge in [0.25, 0.3) is 5.91 Å². The third-order valence-corrected chi connectivity index (χ3v) is 8.02. The quantitative estimate of drug-likeness (QED) is 0.704. The standard InChI is InChI=1S/C19H22N4O3S2/c1-10-7-11(2)20-19-16(10)13(4)17(27-19)18(24)21-15-8-12(3)22-23(15)14-5-6-28(25,26)9-14/h7-8,14H,5-6,9H2,1-4H3,(H,21,24)/t14-/m1/s1. The molecule has 4 heterocycles. The number of aromatic nitrogens is 3. The monoisotopic (exact) mass is 418 g/mol. The Morgan fingerprint density at radius 2 is 1.96 bits per heavy atom. The summed E-state index contributed by atoms with van der Waals surface area (Å²) < 4.78 is 25.3. The Bertz CT molecular complexity index is 1210. The van der Waals surface area contributed by atoms with E-state index in [-0.39, 0.29) is 23.5 Å². The van der Waals surface area contributed by atoms with Crippen molar-refractivity contribution in [2.24, 2.45) is 0 Å². The van der Waals surface area contributed by atoms with Gasteiger partial charge in [0.15, 0.2) is 9.84 Å². The minimum Gasteiger partial charge on any atom is -0.306 e. The van der Waals surface area contributed by atoms with E-state index in [1.165, 1.54) is 11.3 Å². The minimum atomic E-state index is -3.04. The summed E-state index contributed by atoms with van der Waals surface area (Å²) in [6, 6.07) is 3.55. The van der Waals surface area contributed by atoms with Gasteiger partial charge in [0.2, 0.25) is 0 Å². The van der Waals surface area contributed by atoms with Gasteiger partial charge in [0.05, 0.1) is 28.1 Å². The number of rotatable bonds is 3. The van der Waals surface area contributed by atoms with Crippen molar-refractivity contribution in [3.8, 4) is 0 Å². The van der Waals surface area contributed by atoms with Crippen LogP contribution in [-0.2, 0) is 9.84 Å². The van der Waals surface area contributed by atoms with Gasteiger partial charge in [-0.05, 0) is 51.3 Å². The molecule has 1 atom stereocenters. The number of carbonyl (C=O) groups is 1. The van der Waals surface area contributed by atoms with Gasteiger partial charge in [-0.25, -0.2) is 18.1 Å². The fourth-order valence-electron chi connectivity index (χ4n) is 3.87. The third-order valence-electron chi connectivity index (χ3n) is 5.09. The lowest BCUT2D eigenvalue weighted by atomic mass is 10.1. The number of hydrogen-bond acceptors (Lipinski definition) is 6. The molecule has 0 spiro atoms. The first-order valence-corrected chi connectivity index (χ1v) is 11.7. The second-order valence-electron chi connectivity index (χ2n) is 7.44. The van der Waals surface area contributed by atoms with Gasteiger partial charge in [0, 0.05) is 17.1 Å². The summed E-state index contributed by atoms with van der Waals surface area (Å²) in [5.74, 6) is 0.521. The second-order valence-corrected chi connectivity index (χ2v) is 10.7. The lowest BCUT2D eigenvalue weighted by Gasteiger charge is -2.13. The van der Waals surface area contributed by atoms with Crippen LogP contribution in [0.25, 0.3) is 10.2 Å². The SMILES string of the molecule is Cc1cc(C)c2c(C)c(C(=O)Nc3cc(C)nn3[C@@H]3CCS(=O)(=O)C3)sc2n1. The van der Waals surface area contributed by atoms with Gasteiger partial charge < -0.3 is 5.32 Å². The number of nitrogens with zero attached hydrogens (tertiary/aromatic N) is 3. The van der Waals surface area contributed by atoms with Gasteiger partial charge in [-0.3, -0.25) is 4.79 Å². The number of nitrogens with one attached hydrogen (secondary N) is 1. The Hall–Kier alpha value is -2.26. The molecule has 1 aliphatic heterocycles. The Morgan fingerprint density at radius 1 is 1.21 bits per heavy atom. The van der Waals surface area contributed by atoms with Gasteiger partial charge in [0.1, 0.15) is 10.6 Å². The molecule has 0 unspecified atom stereocenters. The molecule has 3 aromatic heterocycles. The van der Waals surface area contributed by atoms with E-state index in [4.69, 9.17) is 0 Å². The maximum atomic E-state index is 13.0. The number of thiophene rings is 1. The molecular formula is C19H22N4O3S2. The zero-order chi connectivity index (χ0) is 20.2. The Labute approximate surface area is 167 Å². The predicted octanol–water partition coefficient (Wildman–Crippen LogP) is 3.34. The number of fused-ring (bicyclic) bond motifs is 1. The molecule has 0 saturated carbocycles. The predicted molar refractivity (Wildman–Crippen MR) is 111 cm³/mol. The summed E-state index contributed by atoms with van der Waals surface area (Å²) in [5, 5.41) is 8.38. The molecule has 4 rings (SSSR count). The summed E-state index contributed by atoms with van der Waals surface area (Å²) in [5.41, 5.74) is 3.68. The van der Waals surface area contributed by atoms with Crippen molar-refractivity contribution in [2.75, 3.05) is 16.8 Å². The van der Waals surface area contributed by atoms with Crippen molar-refractivity contribution in [1.29, 1.82) is 0 Å². The topological polar surface area (TPSA) is 94.0 Å². The molecule has 0 aromatic carbocycles. The highest BCUT2D eigenvalue weighted by Crippen LogP contribution is 2.33. The molecule has 9 heteroatoms. The normalized spacial score (nSPS) is 18.6. The minimum absolute atomic E-state index is 0.0568. The number of sulfone groups is 1. The molecule has 1 fully saturated rings. The molecular weight excluding hydrogens is 396 g/mol. The van der Waals surface area contributed by atoms with E-state index >= 15 is 0 Å². The van der Waals surface area contributed by atoms with Crippen molar-refractivity contribution < 1.29 is 13.2 Å². The van der Waals surface area contributed by atoms with E-state index in [0.717, 1.165) is 32.7 Å². The van der Waals surface area contributed by atoms with Crippen LogP contribution in [0.4, 0.5) is 5.82 Å². The average Bonchev–Trinajstić information content (AvgIpc) is 3.22. The molecule has 1 amide bonds. The highest BCUT2D eigenvalue weighted by Gasteiger charge is 2.31. The summed E-state index contributed by atoms with van der Waals surface area (Å²) in [6.07, 6.45) is 0.511. The van der Waals surface area contributed by atoms with Crippen LogP contribution in [-0.4, -0.2) is 40.6 Å². The van der Waals surface area contributed by atoms with Gasteiger partial charge in [-0.15, -0.1) is 11.3 Å². The van der Waals surface area contributed by atoms with Gasteiger partial charge >= 0.3 is 0 Å². The summed E-state index contributed by atoms with van der Waals surface area (Å²) in [6.45, 7) is 7.73. The van der Waals surface area contributed by atoms with Crippen LogP contribution < -0.4 is 5.32 Å². The van der Waals surface area contributed by atoms with E-state index in [1.807, 2.05) is 33.8 Å². The molecule has 148 valence electrons. The van der Waals surface area contributed by atoms with E-state index in [0.29, 0.717) is 17.1 Å². The fraction of sp³-hybridized carbons (Fsp3) is 0.421. The van der Waals surface area contributed by atoms with Crippen molar-refractivity contribution >= 4 is 43.1 Å². The molecule has 1 saturated heterocycles. The largest absolute Gasteiger partial charge is 0.306 e. The van der Waals surface area contributed by atoms with Crippen LogP contribution in [0.2, 0.25) is 0 Å². The Balaban J connectivity index is 1.68. The third kappa shape index (κ3) is 3.33. The van der Waals surface area contributed by atoms with Crippen LogP contribution in [0.5, 0.6) is 0 Å². The Morgan fingerprint density at radius 3 is 2.64 bits per heavy atom. The van der Waals surface area contributed by atoms with Crippen LogP contribution >= 0.6 is 11.3 Å². The van der Waals surface area contributed by atoms with Crippen molar-refractivity contribution in [2.45, 2.75) is 40.2 Å².